The molecule has 4 aromatic rings. The first-order chi connectivity index (χ1) is 21.8. The summed E-state index contributed by atoms with van der Waals surface area (Å²) in [7, 11) is 1.54. The summed E-state index contributed by atoms with van der Waals surface area (Å²) in [6, 6.07) is 17.4. The number of unbranched alkanes of at least 4 members (excludes halogenated alkanes) is 2. The Morgan fingerprint density at radius 2 is 1.64 bits per heavy atom. The number of rotatable bonds is 14. The molecule has 234 valence electrons. The van der Waals surface area contributed by atoms with Crippen LogP contribution >= 0.6 is 0 Å². The molecule has 4 N–H and O–H groups in total. The Labute approximate surface area is 258 Å². The van der Waals surface area contributed by atoms with E-state index in [0.29, 0.717) is 77.6 Å². The number of pyridine rings is 1. The number of anilines is 2. The van der Waals surface area contributed by atoms with Crippen LogP contribution < -0.4 is 30.3 Å². The lowest BCUT2D eigenvalue weighted by molar-refractivity contribution is -0.133. The Balaban J connectivity index is 1.33. The predicted octanol–water partition coefficient (Wildman–Crippen LogP) is 5.55. The summed E-state index contributed by atoms with van der Waals surface area (Å²) < 4.78 is 31.4. The standard InChI is InChI=1S/C33H33FN4O7/c1-43-28-19-25-26(20-29(28)44-18-4-2-3-5-30(39)37-42)36-17-14-27(25)45-24-12-10-23(11-13-24)38(22-8-6-21(34)7-9-22)32(41)33(15-16-33)31(35)40/h6-14,17,19-20,42H,2-5,15-16,18H2,1H3,(H2,35,40)(H,37,39). The lowest BCUT2D eigenvalue weighted by Crippen LogP contribution is -2.41. The monoisotopic (exact) mass is 616 g/mol. The second-order valence-corrected chi connectivity index (χ2v) is 10.7. The van der Waals surface area contributed by atoms with Gasteiger partial charge in [-0.2, -0.15) is 0 Å². The SMILES string of the molecule is COc1cc2c(Oc3ccc(N(C(=O)C4(C(N)=O)CC4)c4ccc(F)cc4)cc3)ccnc2cc1OCCCCCC(=O)NO. The molecule has 11 nitrogen and oxygen atoms in total. The van der Waals surface area contributed by atoms with Crippen molar-refractivity contribution in [2.75, 3.05) is 18.6 Å². The number of amides is 3. The Bertz CT molecular complexity index is 1690. The Morgan fingerprint density at radius 3 is 2.27 bits per heavy atom. The molecule has 3 aromatic carbocycles. The van der Waals surface area contributed by atoms with E-state index in [1.165, 1.54) is 36.3 Å². The fraction of sp³-hybridized carbons (Fsp3) is 0.273. The highest BCUT2D eigenvalue weighted by Gasteiger charge is 2.57. The van der Waals surface area contributed by atoms with Crippen molar-refractivity contribution in [3.8, 4) is 23.0 Å². The lowest BCUT2D eigenvalue weighted by Gasteiger charge is -2.26. The number of methoxy groups -OCH3 is 1. The number of nitrogens with one attached hydrogen (secondary N) is 1. The van der Waals surface area contributed by atoms with Crippen molar-refractivity contribution in [2.45, 2.75) is 38.5 Å². The fourth-order valence-electron chi connectivity index (χ4n) is 4.96. The first-order valence-electron chi connectivity index (χ1n) is 14.5. The largest absolute Gasteiger partial charge is 0.493 e. The summed E-state index contributed by atoms with van der Waals surface area (Å²) in [5.41, 5.74) is 7.41. The summed E-state index contributed by atoms with van der Waals surface area (Å²) in [5.74, 6) is -0.0182. The molecule has 1 fully saturated rings. The molecule has 0 aliphatic heterocycles. The fourth-order valence-corrected chi connectivity index (χ4v) is 4.96. The van der Waals surface area contributed by atoms with Crippen molar-refractivity contribution in [3.05, 3.63) is 78.7 Å². The zero-order chi connectivity index (χ0) is 32.0. The minimum absolute atomic E-state index is 0.242. The molecule has 1 aromatic heterocycles. The molecule has 45 heavy (non-hydrogen) atoms. The number of halogens is 1. The van der Waals surface area contributed by atoms with Gasteiger partial charge < -0.3 is 19.9 Å². The third-order valence-corrected chi connectivity index (χ3v) is 7.66. The van der Waals surface area contributed by atoms with E-state index < -0.39 is 29.0 Å². The minimum atomic E-state index is -1.28. The van der Waals surface area contributed by atoms with Crippen LogP contribution in [-0.2, 0) is 14.4 Å². The maximum atomic E-state index is 13.7. The number of fused-ring (bicyclic) bond motifs is 1. The van der Waals surface area contributed by atoms with E-state index >= 15 is 0 Å². The Kier molecular flexibility index (Phi) is 9.43. The summed E-state index contributed by atoms with van der Waals surface area (Å²) in [6.45, 7) is 0.406. The third-order valence-electron chi connectivity index (χ3n) is 7.66. The molecule has 5 rings (SSSR count). The van der Waals surface area contributed by atoms with Crippen LogP contribution in [0.5, 0.6) is 23.0 Å². The Morgan fingerprint density at radius 1 is 0.956 bits per heavy atom. The van der Waals surface area contributed by atoms with Gasteiger partial charge in [0.15, 0.2) is 11.5 Å². The minimum Gasteiger partial charge on any atom is -0.493 e. The second-order valence-electron chi connectivity index (χ2n) is 10.7. The normalized spacial score (nSPS) is 13.1. The van der Waals surface area contributed by atoms with E-state index in [1.54, 1.807) is 54.1 Å². The van der Waals surface area contributed by atoms with Gasteiger partial charge in [-0.3, -0.25) is 29.5 Å². The van der Waals surface area contributed by atoms with Gasteiger partial charge in [0.25, 0.3) is 0 Å². The van der Waals surface area contributed by atoms with Gasteiger partial charge in [0.05, 0.1) is 19.2 Å². The van der Waals surface area contributed by atoms with E-state index in [0.717, 1.165) is 6.42 Å². The summed E-state index contributed by atoms with van der Waals surface area (Å²) >= 11 is 0. The van der Waals surface area contributed by atoms with Crippen LogP contribution in [0.25, 0.3) is 10.9 Å². The van der Waals surface area contributed by atoms with Gasteiger partial charge in [0.2, 0.25) is 17.7 Å². The molecular formula is C33H33FN4O7. The summed E-state index contributed by atoms with van der Waals surface area (Å²) in [5, 5.41) is 9.26. The zero-order valence-corrected chi connectivity index (χ0v) is 24.6. The highest BCUT2D eigenvalue weighted by Crippen LogP contribution is 2.49. The van der Waals surface area contributed by atoms with E-state index in [-0.39, 0.29) is 6.42 Å². The summed E-state index contributed by atoms with van der Waals surface area (Å²) in [4.78, 5) is 42.7. The van der Waals surface area contributed by atoms with Crippen LogP contribution in [0.3, 0.4) is 0 Å². The number of carbonyl (C=O) groups is 3. The smallest absolute Gasteiger partial charge is 0.247 e. The van der Waals surface area contributed by atoms with Gasteiger partial charge in [-0.15, -0.1) is 0 Å². The van der Waals surface area contributed by atoms with Crippen molar-refractivity contribution in [1.82, 2.24) is 10.5 Å². The quantitative estimate of drug-likeness (QED) is 0.0722. The molecule has 0 saturated heterocycles. The van der Waals surface area contributed by atoms with Crippen molar-refractivity contribution >= 4 is 40.0 Å². The molecule has 1 aliphatic carbocycles. The zero-order valence-electron chi connectivity index (χ0n) is 24.6. The Hall–Kier alpha value is -5.23. The number of ether oxygens (including phenoxy) is 3. The first-order valence-corrected chi connectivity index (χ1v) is 14.5. The van der Waals surface area contributed by atoms with Crippen molar-refractivity contribution in [3.63, 3.8) is 0 Å². The number of carbonyl (C=O) groups excluding carboxylic acids is 3. The average Bonchev–Trinajstić information content (AvgIpc) is 3.87. The van der Waals surface area contributed by atoms with Crippen molar-refractivity contribution in [1.29, 1.82) is 0 Å². The van der Waals surface area contributed by atoms with Gasteiger partial charge in [-0.1, -0.05) is 0 Å². The van der Waals surface area contributed by atoms with Crippen LogP contribution in [-0.4, -0.2) is 41.6 Å². The van der Waals surface area contributed by atoms with E-state index in [9.17, 15) is 18.8 Å². The number of hydrogen-bond donors (Lipinski definition) is 3. The van der Waals surface area contributed by atoms with Crippen LogP contribution in [0, 0.1) is 11.2 Å². The number of hydroxylamine groups is 1. The van der Waals surface area contributed by atoms with Crippen molar-refractivity contribution < 1.29 is 38.2 Å². The molecule has 0 radical (unpaired) electrons. The van der Waals surface area contributed by atoms with Gasteiger partial charge in [0.1, 0.15) is 22.7 Å². The van der Waals surface area contributed by atoms with E-state index in [1.807, 2.05) is 0 Å². The molecule has 1 aliphatic rings. The third kappa shape index (κ3) is 6.96. The van der Waals surface area contributed by atoms with Gasteiger partial charge in [0, 0.05) is 35.4 Å². The summed E-state index contributed by atoms with van der Waals surface area (Å²) in [6.07, 6.45) is 4.66. The topological polar surface area (TPSA) is 153 Å². The maximum absolute atomic E-state index is 13.7. The molecule has 0 bridgehead atoms. The van der Waals surface area contributed by atoms with Crippen LogP contribution in [0.2, 0.25) is 0 Å². The molecule has 0 atom stereocenters. The van der Waals surface area contributed by atoms with E-state index in [2.05, 4.69) is 4.98 Å². The molecule has 3 amide bonds. The average molecular weight is 617 g/mol. The number of primary amides is 1. The predicted molar refractivity (Wildman–Crippen MR) is 163 cm³/mol. The van der Waals surface area contributed by atoms with E-state index in [4.69, 9.17) is 25.2 Å². The maximum Gasteiger partial charge on any atom is 0.247 e. The van der Waals surface area contributed by atoms with Gasteiger partial charge in [-0.25, -0.2) is 9.87 Å². The molecule has 1 heterocycles. The number of nitrogens with zero attached hydrogens (tertiary/aromatic N) is 2. The van der Waals surface area contributed by atoms with Crippen molar-refractivity contribution in [2.24, 2.45) is 11.1 Å². The first kappa shape index (κ1) is 31.2. The number of benzene rings is 3. The number of hydrogen-bond acceptors (Lipinski definition) is 8. The molecule has 12 heteroatoms. The second kappa shape index (κ2) is 13.6. The number of aromatic nitrogens is 1. The van der Waals surface area contributed by atoms with Gasteiger partial charge in [-0.05, 0) is 92.8 Å². The molecule has 0 spiro atoms. The lowest BCUT2D eigenvalue weighted by atomic mass is 10.0. The highest BCUT2D eigenvalue weighted by atomic mass is 19.1. The molecular weight excluding hydrogens is 583 g/mol. The highest BCUT2D eigenvalue weighted by molar-refractivity contribution is 6.16. The van der Waals surface area contributed by atoms with Gasteiger partial charge >= 0.3 is 0 Å². The van der Waals surface area contributed by atoms with Crippen LogP contribution in [0.1, 0.15) is 38.5 Å². The molecule has 0 unspecified atom stereocenters. The number of nitrogens with two attached hydrogens (primary N) is 1. The molecule has 1 saturated carbocycles. The van der Waals surface area contributed by atoms with Crippen LogP contribution in [0.15, 0.2) is 72.9 Å². The van der Waals surface area contributed by atoms with Crippen LogP contribution in [0.4, 0.5) is 15.8 Å².